The van der Waals surface area contributed by atoms with Crippen molar-refractivity contribution in [3.05, 3.63) is 75.4 Å². The van der Waals surface area contributed by atoms with E-state index in [9.17, 15) is 14.0 Å². The molecule has 1 amide bonds. The number of hydrogen-bond donors (Lipinski definition) is 0. The highest BCUT2D eigenvalue weighted by atomic mass is 35.5. The lowest BCUT2D eigenvalue weighted by Crippen LogP contribution is -2.49. The van der Waals surface area contributed by atoms with Crippen LogP contribution < -0.4 is 10.5 Å². The second-order valence-electron chi connectivity index (χ2n) is 6.36. The molecule has 2 heterocycles. The van der Waals surface area contributed by atoms with Crippen LogP contribution in [-0.4, -0.2) is 37.0 Å². The van der Waals surface area contributed by atoms with Crippen LogP contribution in [0.25, 0.3) is 11.0 Å². The summed E-state index contributed by atoms with van der Waals surface area (Å²) in [7, 11) is 0. The van der Waals surface area contributed by atoms with Crippen molar-refractivity contribution in [3.63, 3.8) is 0 Å². The number of anilines is 1. The van der Waals surface area contributed by atoms with Gasteiger partial charge in [-0.2, -0.15) is 0 Å². The summed E-state index contributed by atoms with van der Waals surface area (Å²) in [4.78, 5) is 28.5. The largest absolute Gasteiger partial charge is 0.422 e. The lowest BCUT2D eigenvalue weighted by Gasteiger charge is -2.36. The Labute approximate surface area is 159 Å². The van der Waals surface area contributed by atoms with E-state index in [0.717, 1.165) is 0 Å². The summed E-state index contributed by atoms with van der Waals surface area (Å²) in [5.41, 5.74) is 0.199. The van der Waals surface area contributed by atoms with E-state index in [1.54, 1.807) is 41.3 Å². The fourth-order valence-electron chi connectivity index (χ4n) is 3.27. The number of piperazine rings is 1. The van der Waals surface area contributed by atoms with Crippen molar-refractivity contribution < 1.29 is 13.6 Å². The van der Waals surface area contributed by atoms with Gasteiger partial charge in [-0.1, -0.05) is 23.7 Å². The van der Waals surface area contributed by atoms with Gasteiger partial charge in [0.05, 0.1) is 5.69 Å². The number of nitrogens with zero attached hydrogens (tertiary/aromatic N) is 2. The minimum absolute atomic E-state index is 0.0240. The Morgan fingerprint density at radius 1 is 1.04 bits per heavy atom. The van der Waals surface area contributed by atoms with Crippen molar-refractivity contribution in [3.8, 4) is 0 Å². The maximum absolute atomic E-state index is 13.9. The Morgan fingerprint density at radius 3 is 2.52 bits per heavy atom. The van der Waals surface area contributed by atoms with E-state index >= 15 is 0 Å². The highest BCUT2D eigenvalue weighted by Gasteiger charge is 2.26. The zero-order valence-corrected chi connectivity index (χ0v) is 15.1. The van der Waals surface area contributed by atoms with Gasteiger partial charge in [-0.15, -0.1) is 0 Å². The summed E-state index contributed by atoms with van der Waals surface area (Å²) < 4.78 is 19.2. The molecule has 0 radical (unpaired) electrons. The van der Waals surface area contributed by atoms with E-state index in [2.05, 4.69) is 0 Å². The smallest absolute Gasteiger partial charge is 0.349 e. The van der Waals surface area contributed by atoms with Crippen molar-refractivity contribution in [2.45, 2.75) is 0 Å². The molecule has 3 aromatic rings. The first-order chi connectivity index (χ1) is 13.0. The van der Waals surface area contributed by atoms with E-state index in [4.69, 9.17) is 16.0 Å². The van der Waals surface area contributed by atoms with Gasteiger partial charge in [-0.25, -0.2) is 9.18 Å². The normalized spacial score (nSPS) is 14.6. The average Bonchev–Trinajstić information content (AvgIpc) is 2.68. The highest BCUT2D eigenvalue weighted by molar-refractivity contribution is 6.31. The number of fused-ring (bicyclic) bond motifs is 1. The SMILES string of the molecule is O=C(c1cc2cc(Cl)ccc2oc1=O)N1CCN(c2ccccc2F)CC1. The van der Waals surface area contributed by atoms with Crippen LogP contribution in [-0.2, 0) is 0 Å². The zero-order valence-electron chi connectivity index (χ0n) is 14.3. The van der Waals surface area contributed by atoms with Gasteiger partial charge in [0.1, 0.15) is 17.0 Å². The molecule has 0 unspecified atom stereocenters. The molecule has 1 aromatic heterocycles. The van der Waals surface area contributed by atoms with Crippen LogP contribution in [0.15, 0.2) is 57.7 Å². The van der Waals surface area contributed by atoms with Crippen molar-refractivity contribution in [2.24, 2.45) is 0 Å². The molecule has 0 spiro atoms. The Bertz CT molecular complexity index is 1070. The predicted molar refractivity (Wildman–Crippen MR) is 102 cm³/mol. The van der Waals surface area contributed by atoms with Gasteiger partial charge in [0.15, 0.2) is 0 Å². The fraction of sp³-hybridized carbons (Fsp3) is 0.200. The van der Waals surface area contributed by atoms with Gasteiger partial charge >= 0.3 is 5.63 Å². The summed E-state index contributed by atoms with van der Waals surface area (Å²) in [6.07, 6.45) is 0. The van der Waals surface area contributed by atoms with Crippen LogP contribution in [0, 0.1) is 5.82 Å². The molecule has 27 heavy (non-hydrogen) atoms. The van der Waals surface area contributed by atoms with Crippen molar-refractivity contribution in [1.29, 1.82) is 0 Å². The molecule has 1 aliphatic heterocycles. The first kappa shape index (κ1) is 17.5. The Kier molecular flexibility index (Phi) is 4.58. The van der Waals surface area contributed by atoms with Crippen LogP contribution in [0.3, 0.4) is 0 Å². The van der Waals surface area contributed by atoms with E-state index < -0.39 is 5.63 Å². The number of rotatable bonds is 2. The van der Waals surface area contributed by atoms with Crippen LogP contribution in [0.2, 0.25) is 5.02 Å². The molecule has 1 saturated heterocycles. The van der Waals surface area contributed by atoms with Crippen LogP contribution in [0.1, 0.15) is 10.4 Å². The maximum atomic E-state index is 13.9. The molecule has 2 aromatic carbocycles. The molecular formula is C20H16ClFN2O3. The van der Waals surface area contributed by atoms with Crippen molar-refractivity contribution in [1.82, 2.24) is 4.90 Å². The summed E-state index contributed by atoms with van der Waals surface area (Å²) in [5, 5.41) is 1.09. The third-order valence-corrected chi connectivity index (χ3v) is 4.92. The molecule has 0 N–H and O–H groups in total. The van der Waals surface area contributed by atoms with Crippen molar-refractivity contribution in [2.75, 3.05) is 31.1 Å². The third kappa shape index (κ3) is 3.40. The quantitative estimate of drug-likeness (QED) is 0.632. The average molecular weight is 387 g/mol. The number of benzene rings is 2. The molecule has 138 valence electrons. The second kappa shape index (κ2) is 7.04. The number of amides is 1. The van der Waals surface area contributed by atoms with Gasteiger partial charge in [0.25, 0.3) is 5.91 Å². The number of halogens is 2. The predicted octanol–water partition coefficient (Wildman–Crippen LogP) is 3.55. The Hall–Kier alpha value is -2.86. The van der Waals surface area contributed by atoms with E-state index in [1.807, 2.05) is 4.90 Å². The Morgan fingerprint density at radius 2 is 1.78 bits per heavy atom. The van der Waals surface area contributed by atoms with Crippen LogP contribution in [0.4, 0.5) is 10.1 Å². The topological polar surface area (TPSA) is 53.8 Å². The van der Waals surface area contributed by atoms with Crippen molar-refractivity contribution >= 4 is 34.2 Å². The van der Waals surface area contributed by atoms with E-state index in [-0.39, 0.29) is 17.3 Å². The first-order valence-corrected chi connectivity index (χ1v) is 8.93. The summed E-state index contributed by atoms with van der Waals surface area (Å²) in [5.74, 6) is -0.678. The van der Waals surface area contributed by atoms with Gasteiger partial charge in [0, 0.05) is 36.6 Å². The van der Waals surface area contributed by atoms with E-state index in [0.29, 0.717) is 47.9 Å². The standard InChI is InChI=1S/C20H16ClFN2O3/c21-14-5-6-18-13(11-14)12-15(20(26)27-18)19(25)24-9-7-23(8-10-24)17-4-2-1-3-16(17)22/h1-6,11-12H,7-10H2. The molecular weight excluding hydrogens is 371 g/mol. The Balaban J connectivity index is 1.54. The number of carbonyl (C=O) groups is 1. The third-order valence-electron chi connectivity index (χ3n) is 4.68. The van der Waals surface area contributed by atoms with Gasteiger partial charge in [0.2, 0.25) is 0 Å². The molecule has 7 heteroatoms. The molecule has 1 aliphatic rings. The molecule has 1 fully saturated rings. The molecule has 0 atom stereocenters. The molecule has 0 aliphatic carbocycles. The molecule has 0 bridgehead atoms. The second-order valence-corrected chi connectivity index (χ2v) is 6.80. The first-order valence-electron chi connectivity index (χ1n) is 8.55. The van der Waals surface area contributed by atoms with E-state index in [1.165, 1.54) is 12.1 Å². The summed E-state index contributed by atoms with van der Waals surface area (Å²) in [6.45, 7) is 1.75. The fourth-order valence-corrected chi connectivity index (χ4v) is 3.45. The summed E-state index contributed by atoms with van der Waals surface area (Å²) >= 11 is 5.97. The minimum atomic E-state index is -0.675. The number of para-hydroxylation sites is 1. The summed E-state index contributed by atoms with van der Waals surface area (Å²) in [6, 6.07) is 12.9. The molecule has 5 nitrogen and oxygen atoms in total. The minimum Gasteiger partial charge on any atom is -0.422 e. The van der Waals surface area contributed by atoms with Crippen LogP contribution >= 0.6 is 11.6 Å². The van der Waals surface area contributed by atoms with Gasteiger partial charge in [-0.05, 0) is 36.4 Å². The zero-order chi connectivity index (χ0) is 19.0. The molecule has 4 rings (SSSR count). The highest BCUT2D eigenvalue weighted by Crippen LogP contribution is 2.22. The van der Waals surface area contributed by atoms with Gasteiger partial charge in [-0.3, -0.25) is 4.79 Å². The van der Waals surface area contributed by atoms with Crippen LogP contribution in [0.5, 0.6) is 0 Å². The maximum Gasteiger partial charge on any atom is 0.349 e. The monoisotopic (exact) mass is 386 g/mol. The lowest BCUT2D eigenvalue weighted by atomic mass is 10.1. The number of carbonyl (C=O) groups excluding carboxylic acids is 1. The molecule has 0 saturated carbocycles. The lowest BCUT2D eigenvalue weighted by molar-refractivity contribution is 0.0742. The number of hydrogen-bond acceptors (Lipinski definition) is 4. The van der Waals surface area contributed by atoms with Gasteiger partial charge < -0.3 is 14.2 Å².